The van der Waals surface area contributed by atoms with E-state index in [-0.39, 0.29) is 11.7 Å². The predicted octanol–water partition coefficient (Wildman–Crippen LogP) is 3.11. The van der Waals surface area contributed by atoms with Crippen LogP contribution in [0, 0.1) is 5.92 Å². The highest BCUT2D eigenvalue weighted by molar-refractivity contribution is 5.94. The van der Waals surface area contributed by atoms with Gasteiger partial charge in [-0.05, 0) is 37.8 Å². The summed E-state index contributed by atoms with van der Waals surface area (Å²) in [4.78, 5) is 20.2. The number of hydrogen-bond donors (Lipinski definition) is 1. The number of ketones is 1. The number of carbonyl (C=O) groups is 1. The van der Waals surface area contributed by atoms with Gasteiger partial charge < -0.3 is 5.73 Å². The molecule has 0 spiro atoms. The first-order valence-corrected chi connectivity index (χ1v) is 7.29. The number of rotatable bonds is 2. The summed E-state index contributed by atoms with van der Waals surface area (Å²) in [6.07, 6.45) is 11.7. The first-order chi connectivity index (χ1) is 10.1. The minimum absolute atomic E-state index is 0.0562. The van der Waals surface area contributed by atoms with Crippen LogP contribution < -0.4 is 5.73 Å². The van der Waals surface area contributed by atoms with Crippen molar-refractivity contribution >= 4 is 17.8 Å². The van der Waals surface area contributed by atoms with Crippen LogP contribution in [-0.2, 0) is 6.42 Å². The minimum Gasteiger partial charge on any atom is -0.368 e. The number of hydrogen-bond acceptors (Lipinski definition) is 4. The van der Waals surface area contributed by atoms with Crippen molar-refractivity contribution < 1.29 is 4.79 Å². The number of nitrogen functional groups attached to an aromatic ring is 1. The largest absolute Gasteiger partial charge is 0.368 e. The number of nitrogens with two attached hydrogens (primary N) is 1. The van der Waals surface area contributed by atoms with E-state index in [9.17, 15) is 4.79 Å². The number of carbonyl (C=O) groups excluding carboxylic acids is 1. The van der Waals surface area contributed by atoms with Crippen molar-refractivity contribution in [1.82, 2.24) is 9.97 Å². The molecule has 1 atom stereocenters. The highest BCUT2D eigenvalue weighted by Gasteiger charge is 2.24. The maximum Gasteiger partial charge on any atom is 0.221 e. The van der Waals surface area contributed by atoms with Gasteiger partial charge in [-0.1, -0.05) is 23.8 Å². The number of anilines is 1. The van der Waals surface area contributed by atoms with Crippen molar-refractivity contribution in [1.29, 1.82) is 0 Å². The molecule has 0 radical (unpaired) electrons. The minimum atomic E-state index is -0.0562. The number of Topliss-reactive ketones (excluding diaryl/α,β-unsaturated/α-hetero) is 1. The predicted molar refractivity (Wildman–Crippen MR) is 83.8 cm³/mol. The molecule has 3 rings (SSSR count). The van der Waals surface area contributed by atoms with Crippen molar-refractivity contribution in [2.45, 2.75) is 33.1 Å². The van der Waals surface area contributed by atoms with Crippen LogP contribution in [0.3, 0.4) is 0 Å². The van der Waals surface area contributed by atoms with E-state index in [1.807, 2.05) is 6.08 Å². The lowest BCUT2D eigenvalue weighted by molar-refractivity contribution is 0.101. The van der Waals surface area contributed by atoms with Crippen molar-refractivity contribution in [2.75, 3.05) is 5.73 Å². The molecule has 1 aromatic heterocycles. The Morgan fingerprint density at radius 2 is 2.05 bits per heavy atom. The van der Waals surface area contributed by atoms with Gasteiger partial charge in [0.05, 0.1) is 5.69 Å². The molecule has 0 saturated carbocycles. The van der Waals surface area contributed by atoms with E-state index in [2.05, 4.69) is 35.1 Å². The quantitative estimate of drug-likeness (QED) is 0.846. The third-order valence-electron chi connectivity index (χ3n) is 4.14. The van der Waals surface area contributed by atoms with Gasteiger partial charge in [0.25, 0.3) is 0 Å². The summed E-state index contributed by atoms with van der Waals surface area (Å²) in [6.45, 7) is 3.68. The van der Waals surface area contributed by atoms with Gasteiger partial charge in [-0.2, -0.15) is 0 Å². The molecule has 0 fully saturated rings. The topological polar surface area (TPSA) is 68.9 Å². The Morgan fingerprint density at radius 3 is 2.76 bits per heavy atom. The van der Waals surface area contributed by atoms with Gasteiger partial charge in [-0.15, -0.1) is 0 Å². The van der Waals surface area contributed by atoms with Crippen LogP contribution in [0.15, 0.2) is 29.4 Å². The summed E-state index contributed by atoms with van der Waals surface area (Å²) in [6, 6.07) is 0. The zero-order chi connectivity index (χ0) is 15.0. The molecule has 0 aliphatic heterocycles. The molecule has 2 aliphatic carbocycles. The van der Waals surface area contributed by atoms with E-state index in [0.29, 0.717) is 11.6 Å². The van der Waals surface area contributed by atoms with Crippen molar-refractivity contribution in [3.8, 4) is 0 Å². The molecule has 0 aromatic carbocycles. The summed E-state index contributed by atoms with van der Waals surface area (Å²) < 4.78 is 0. The summed E-state index contributed by atoms with van der Waals surface area (Å²) in [5, 5.41) is 0. The summed E-state index contributed by atoms with van der Waals surface area (Å²) in [7, 11) is 0. The average Bonchev–Trinajstić information content (AvgIpc) is 2.46. The molecule has 4 heteroatoms. The Labute approximate surface area is 124 Å². The van der Waals surface area contributed by atoms with Gasteiger partial charge in [0, 0.05) is 18.4 Å². The Hall–Kier alpha value is -2.23. The highest BCUT2D eigenvalue weighted by Crippen LogP contribution is 2.34. The molecule has 1 unspecified atom stereocenters. The van der Waals surface area contributed by atoms with Crippen LogP contribution in [0.25, 0.3) is 6.08 Å². The molecule has 21 heavy (non-hydrogen) atoms. The Morgan fingerprint density at radius 1 is 1.29 bits per heavy atom. The summed E-state index contributed by atoms with van der Waals surface area (Å²) in [5.41, 5.74) is 10.5. The van der Waals surface area contributed by atoms with E-state index in [4.69, 9.17) is 5.73 Å². The van der Waals surface area contributed by atoms with Gasteiger partial charge in [0.15, 0.2) is 5.78 Å². The van der Waals surface area contributed by atoms with Crippen molar-refractivity contribution in [2.24, 2.45) is 5.92 Å². The van der Waals surface area contributed by atoms with Crippen molar-refractivity contribution in [3.05, 3.63) is 46.3 Å². The molecule has 2 aliphatic rings. The smallest absolute Gasteiger partial charge is 0.221 e. The number of allylic oxidation sites excluding steroid dienone is 5. The molecule has 1 aromatic rings. The molecule has 4 nitrogen and oxygen atoms in total. The fourth-order valence-electron chi connectivity index (χ4n) is 3.12. The van der Waals surface area contributed by atoms with E-state index in [0.717, 1.165) is 30.5 Å². The van der Waals surface area contributed by atoms with Crippen LogP contribution in [0.2, 0.25) is 0 Å². The molecule has 1 heterocycles. The van der Waals surface area contributed by atoms with Gasteiger partial charge in [0.1, 0.15) is 5.69 Å². The normalized spacial score (nSPS) is 20.6. The molecule has 0 amide bonds. The maximum atomic E-state index is 11.8. The fraction of sp³-hybridized carbons (Fsp3) is 0.353. The van der Waals surface area contributed by atoms with Gasteiger partial charge in [-0.25, -0.2) is 9.97 Å². The van der Waals surface area contributed by atoms with Crippen LogP contribution in [-0.4, -0.2) is 15.8 Å². The first kappa shape index (κ1) is 13.7. The standard InChI is InChI=1S/C17H19N3O/c1-10-5-3-4-6-13(10)12-7-8-15-14(9-12)16(11(2)21)20-17(18)19-15/h5-8,12H,3-4,9H2,1-2H3,(H2,18,19,20). The van der Waals surface area contributed by atoms with Crippen LogP contribution in [0.5, 0.6) is 0 Å². The SMILES string of the molecule is CC(=O)c1nc(N)nc2c1CC(C1=CCCC=C1C)C=C2. The lowest BCUT2D eigenvalue weighted by Gasteiger charge is -2.25. The second-order valence-corrected chi connectivity index (χ2v) is 5.64. The second-order valence-electron chi connectivity index (χ2n) is 5.64. The van der Waals surface area contributed by atoms with E-state index >= 15 is 0 Å². The third-order valence-corrected chi connectivity index (χ3v) is 4.14. The number of aromatic nitrogens is 2. The Balaban J connectivity index is 2.01. The second kappa shape index (κ2) is 5.28. The molecule has 2 N–H and O–H groups in total. The van der Waals surface area contributed by atoms with E-state index < -0.39 is 0 Å². The molecular weight excluding hydrogens is 262 g/mol. The lowest BCUT2D eigenvalue weighted by Crippen LogP contribution is -2.18. The number of nitrogens with zero attached hydrogens (tertiary/aromatic N) is 2. The number of fused-ring (bicyclic) bond motifs is 1. The van der Waals surface area contributed by atoms with Crippen molar-refractivity contribution in [3.63, 3.8) is 0 Å². The van der Waals surface area contributed by atoms with E-state index in [1.165, 1.54) is 18.1 Å². The molecule has 0 saturated heterocycles. The molecule has 0 bridgehead atoms. The summed E-state index contributed by atoms with van der Waals surface area (Å²) in [5.74, 6) is 0.397. The zero-order valence-corrected chi connectivity index (χ0v) is 12.4. The third kappa shape index (κ3) is 2.53. The zero-order valence-electron chi connectivity index (χ0n) is 12.4. The van der Waals surface area contributed by atoms with Gasteiger partial charge >= 0.3 is 0 Å². The van der Waals surface area contributed by atoms with Crippen LogP contribution >= 0.6 is 0 Å². The van der Waals surface area contributed by atoms with E-state index in [1.54, 1.807) is 0 Å². The first-order valence-electron chi connectivity index (χ1n) is 7.29. The monoisotopic (exact) mass is 281 g/mol. The average molecular weight is 281 g/mol. The molecule has 108 valence electrons. The van der Waals surface area contributed by atoms with Gasteiger partial charge in [0.2, 0.25) is 5.95 Å². The van der Waals surface area contributed by atoms with Crippen LogP contribution in [0.4, 0.5) is 5.95 Å². The van der Waals surface area contributed by atoms with Gasteiger partial charge in [-0.3, -0.25) is 4.79 Å². The molecular formula is C17H19N3O. The maximum absolute atomic E-state index is 11.8. The Kier molecular flexibility index (Phi) is 3.45. The lowest BCUT2D eigenvalue weighted by atomic mass is 9.81. The Bertz CT molecular complexity index is 698. The van der Waals surface area contributed by atoms with Crippen LogP contribution in [0.1, 0.15) is 48.4 Å². The highest BCUT2D eigenvalue weighted by atomic mass is 16.1. The fourth-order valence-corrected chi connectivity index (χ4v) is 3.12. The summed E-state index contributed by atoms with van der Waals surface area (Å²) >= 11 is 0.